The van der Waals surface area contributed by atoms with Gasteiger partial charge in [-0.15, -0.1) is 23.1 Å². The molecular weight excluding hydrogens is 621 g/mol. The lowest BCUT2D eigenvalue weighted by Gasteiger charge is -2.33. The zero-order valence-corrected chi connectivity index (χ0v) is 28.2. The number of esters is 1. The second kappa shape index (κ2) is 13.7. The van der Waals surface area contributed by atoms with Gasteiger partial charge < -0.3 is 20.5 Å². The van der Waals surface area contributed by atoms with Crippen LogP contribution in [0.3, 0.4) is 0 Å². The average molecular weight is 659 g/mol. The number of rotatable bonds is 9. The maximum Gasteiger partial charge on any atom is 0.341 e. The van der Waals surface area contributed by atoms with E-state index >= 15 is 0 Å². The Balaban J connectivity index is 1.31. The molecule has 0 bridgehead atoms. The summed E-state index contributed by atoms with van der Waals surface area (Å²) in [7, 11) is 0. The number of carboxylic acid groups (broad SMARTS) is 1. The van der Waals surface area contributed by atoms with Crippen LogP contribution < -0.4 is 10.6 Å². The van der Waals surface area contributed by atoms with Gasteiger partial charge in [0.2, 0.25) is 5.91 Å². The van der Waals surface area contributed by atoms with Crippen LogP contribution in [0.1, 0.15) is 82.6 Å². The van der Waals surface area contributed by atoms with Crippen LogP contribution in [0.25, 0.3) is 10.8 Å². The maximum absolute atomic E-state index is 13.4. The van der Waals surface area contributed by atoms with Crippen molar-refractivity contribution < 1.29 is 29.0 Å². The number of anilines is 2. The van der Waals surface area contributed by atoms with Gasteiger partial charge >= 0.3 is 11.9 Å². The number of ether oxygens (including phenoxy) is 1. The van der Waals surface area contributed by atoms with Crippen LogP contribution in [0.5, 0.6) is 0 Å². The van der Waals surface area contributed by atoms with Crippen LogP contribution in [-0.4, -0.2) is 40.7 Å². The molecule has 0 saturated heterocycles. The number of thiophene rings is 1. The van der Waals surface area contributed by atoms with Crippen molar-refractivity contribution in [3.05, 3.63) is 87.8 Å². The van der Waals surface area contributed by atoms with Gasteiger partial charge in [-0.3, -0.25) is 9.59 Å². The van der Waals surface area contributed by atoms with Gasteiger partial charge in [-0.05, 0) is 85.7 Å². The molecule has 4 aromatic rings. The molecule has 0 radical (unpaired) electrons. The van der Waals surface area contributed by atoms with Gasteiger partial charge in [0.1, 0.15) is 5.00 Å². The molecule has 0 fully saturated rings. The molecule has 1 aromatic heterocycles. The number of carbonyl (C=O) groups excluding carboxylic acids is 3. The standard InChI is InChI=1S/C36H38N2O6S2/c1-6-44-35(43)30-25-17-16-22(36(3,4)5)18-28(25)46-33(30)38-31(39)20(2)45-24-13-9-12-23(19-24)37-32(40)26-14-7-10-21-11-8-15-27(29(21)26)34(41)42/h7-15,19-20,22H,6,16-18H2,1-5H3,(H,37,40)(H,38,39)(H,41,42). The molecule has 240 valence electrons. The third-order valence-corrected chi connectivity index (χ3v) is 10.6. The maximum atomic E-state index is 13.4. The molecular formula is C36H38N2O6S2. The number of hydrogen-bond acceptors (Lipinski definition) is 7. The van der Waals surface area contributed by atoms with Crippen molar-refractivity contribution in [1.29, 1.82) is 0 Å². The van der Waals surface area contributed by atoms with E-state index in [4.69, 9.17) is 4.74 Å². The summed E-state index contributed by atoms with van der Waals surface area (Å²) in [5.41, 5.74) is 2.43. The van der Waals surface area contributed by atoms with Crippen molar-refractivity contribution >= 4 is 68.3 Å². The van der Waals surface area contributed by atoms with Gasteiger partial charge in [0.15, 0.2) is 0 Å². The number of thioether (sulfide) groups is 1. The van der Waals surface area contributed by atoms with E-state index in [1.807, 2.05) is 6.07 Å². The molecule has 3 N–H and O–H groups in total. The third-order valence-electron chi connectivity index (χ3n) is 8.36. The fourth-order valence-electron chi connectivity index (χ4n) is 5.86. The molecule has 3 aromatic carbocycles. The second-order valence-electron chi connectivity index (χ2n) is 12.5. The molecule has 1 aliphatic rings. The van der Waals surface area contributed by atoms with Gasteiger partial charge in [-0.1, -0.05) is 51.1 Å². The summed E-state index contributed by atoms with van der Waals surface area (Å²) in [6.45, 7) is 10.5. The van der Waals surface area contributed by atoms with E-state index in [-0.39, 0.29) is 29.1 Å². The Morgan fingerprint density at radius 3 is 2.39 bits per heavy atom. The molecule has 2 unspecified atom stereocenters. The summed E-state index contributed by atoms with van der Waals surface area (Å²) in [6.07, 6.45) is 2.62. The minimum absolute atomic E-state index is 0.0547. The number of benzene rings is 3. The fraction of sp³-hybridized carbons (Fsp3) is 0.333. The van der Waals surface area contributed by atoms with Crippen molar-refractivity contribution in [2.24, 2.45) is 11.3 Å². The minimum atomic E-state index is -1.11. The highest BCUT2D eigenvalue weighted by Crippen LogP contribution is 2.44. The highest BCUT2D eigenvalue weighted by atomic mass is 32.2. The van der Waals surface area contributed by atoms with E-state index in [9.17, 15) is 24.3 Å². The van der Waals surface area contributed by atoms with Crippen LogP contribution in [0, 0.1) is 11.3 Å². The smallest absolute Gasteiger partial charge is 0.341 e. The van der Waals surface area contributed by atoms with Gasteiger partial charge in [0.25, 0.3) is 5.91 Å². The lowest BCUT2D eigenvalue weighted by atomic mass is 9.72. The highest BCUT2D eigenvalue weighted by molar-refractivity contribution is 8.00. The first-order chi connectivity index (χ1) is 21.9. The molecule has 1 heterocycles. The van der Waals surface area contributed by atoms with Crippen LogP contribution in [0.15, 0.2) is 65.6 Å². The fourth-order valence-corrected chi connectivity index (χ4v) is 8.10. The molecule has 10 heteroatoms. The Morgan fingerprint density at radius 2 is 1.72 bits per heavy atom. The summed E-state index contributed by atoms with van der Waals surface area (Å²) in [5.74, 6) is -1.71. The number of carbonyl (C=O) groups is 4. The normalized spacial score (nSPS) is 15.1. The summed E-state index contributed by atoms with van der Waals surface area (Å²) >= 11 is 2.80. The van der Waals surface area contributed by atoms with Crippen molar-refractivity contribution in [3.8, 4) is 0 Å². The first-order valence-corrected chi connectivity index (χ1v) is 17.0. The number of carboxylic acids is 1. The first kappa shape index (κ1) is 33.2. The Kier molecular flexibility index (Phi) is 9.88. The number of aromatic carboxylic acids is 1. The summed E-state index contributed by atoms with van der Waals surface area (Å²) in [4.78, 5) is 53.6. The minimum Gasteiger partial charge on any atom is -0.478 e. The van der Waals surface area contributed by atoms with Crippen molar-refractivity contribution in [3.63, 3.8) is 0 Å². The largest absolute Gasteiger partial charge is 0.478 e. The summed E-state index contributed by atoms with van der Waals surface area (Å²) in [5, 5.41) is 16.6. The number of nitrogens with one attached hydrogen (secondary N) is 2. The predicted molar refractivity (Wildman–Crippen MR) is 184 cm³/mol. The van der Waals surface area contributed by atoms with Gasteiger partial charge in [-0.25, -0.2) is 9.59 Å². The topological polar surface area (TPSA) is 122 Å². The predicted octanol–water partition coefficient (Wildman–Crippen LogP) is 8.30. The van der Waals surface area contributed by atoms with Gasteiger partial charge in [0, 0.05) is 26.4 Å². The Hall–Kier alpha value is -4.15. The van der Waals surface area contributed by atoms with E-state index in [0.717, 1.165) is 34.6 Å². The molecule has 2 atom stereocenters. The van der Waals surface area contributed by atoms with E-state index in [1.54, 1.807) is 62.4 Å². The summed E-state index contributed by atoms with van der Waals surface area (Å²) < 4.78 is 5.39. The number of hydrogen-bond donors (Lipinski definition) is 3. The lowest BCUT2D eigenvalue weighted by Crippen LogP contribution is -2.27. The van der Waals surface area contributed by atoms with Crippen LogP contribution in [-0.2, 0) is 22.4 Å². The van der Waals surface area contributed by atoms with Crippen LogP contribution in [0.2, 0.25) is 0 Å². The molecule has 8 nitrogen and oxygen atoms in total. The molecule has 2 amide bonds. The van der Waals surface area contributed by atoms with E-state index in [2.05, 4.69) is 31.4 Å². The van der Waals surface area contributed by atoms with E-state index in [1.165, 1.54) is 29.2 Å². The summed E-state index contributed by atoms with van der Waals surface area (Å²) in [6, 6.07) is 17.1. The second-order valence-corrected chi connectivity index (χ2v) is 15.0. The van der Waals surface area contributed by atoms with E-state index in [0.29, 0.717) is 32.9 Å². The van der Waals surface area contributed by atoms with Gasteiger partial charge in [-0.2, -0.15) is 0 Å². The van der Waals surface area contributed by atoms with Crippen LogP contribution >= 0.6 is 23.1 Å². The third kappa shape index (κ3) is 7.13. The zero-order chi connectivity index (χ0) is 33.2. The zero-order valence-electron chi connectivity index (χ0n) is 26.6. The molecule has 0 aliphatic heterocycles. The number of amides is 2. The van der Waals surface area contributed by atoms with E-state index < -0.39 is 23.1 Å². The molecule has 0 saturated carbocycles. The lowest BCUT2D eigenvalue weighted by molar-refractivity contribution is -0.115. The molecule has 5 rings (SSSR count). The average Bonchev–Trinajstić information content (AvgIpc) is 3.37. The van der Waals surface area contributed by atoms with Crippen molar-refractivity contribution in [2.45, 2.75) is 64.0 Å². The Labute approximate surface area is 276 Å². The highest BCUT2D eigenvalue weighted by Gasteiger charge is 2.35. The molecule has 0 spiro atoms. The SMILES string of the molecule is CCOC(=O)c1c(NC(=O)C(C)Sc2cccc(NC(=O)c3cccc4cccc(C(=O)O)c34)c2)sc2c1CCC(C(C)(C)C)C2. The number of fused-ring (bicyclic) bond motifs is 2. The monoisotopic (exact) mass is 658 g/mol. The molecule has 1 aliphatic carbocycles. The quantitative estimate of drug-likeness (QED) is 0.122. The Bertz CT molecular complexity index is 1820. The van der Waals surface area contributed by atoms with Crippen molar-refractivity contribution in [1.82, 2.24) is 0 Å². The van der Waals surface area contributed by atoms with Crippen molar-refractivity contribution in [2.75, 3.05) is 17.2 Å². The first-order valence-electron chi connectivity index (χ1n) is 15.3. The van der Waals surface area contributed by atoms with Gasteiger partial charge in [0.05, 0.1) is 23.0 Å². The van der Waals surface area contributed by atoms with Crippen LogP contribution in [0.4, 0.5) is 10.7 Å². The molecule has 46 heavy (non-hydrogen) atoms. The Morgan fingerprint density at radius 1 is 1.02 bits per heavy atom.